The van der Waals surface area contributed by atoms with Crippen LogP contribution in [0.2, 0.25) is 0 Å². The minimum Gasteiger partial charge on any atom is -0.460 e. The van der Waals surface area contributed by atoms with E-state index in [9.17, 15) is 4.79 Å². The van der Waals surface area contributed by atoms with E-state index in [1.165, 1.54) is 0 Å². The van der Waals surface area contributed by atoms with Crippen molar-refractivity contribution in [3.8, 4) is 12.3 Å². The molecule has 3 heteroatoms. The van der Waals surface area contributed by atoms with E-state index in [1.807, 2.05) is 20.8 Å². The Bertz CT molecular complexity index is 208. The van der Waals surface area contributed by atoms with Gasteiger partial charge in [-0.25, -0.2) is 0 Å². The zero-order valence-corrected chi connectivity index (χ0v) is 9.13. The standard InChI is InChI=1S/C11H18O3/c1-5-6-8-13-9-7-10(12)14-11(2,3)4/h1H,6-9H2,2-4H3. The van der Waals surface area contributed by atoms with Gasteiger partial charge < -0.3 is 9.47 Å². The Hall–Kier alpha value is -1.01. The second kappa shape index (κ2) is 6.44. The topological polar surface area (TPSA) is 35.5 Å². The van der Waals surface area contributed by atoms with Gasteiger partial charge >= 0.3 is 5.97 Å². The predicted octanol–water partition coefficient (Wildman–Crippen LogP) is 1.76. The number of carbonyl (C=O) groups is 1. The molecule has 0 bridgehead atoms. The van der Waals surface area contributed by atoms with Gasteiger partial charge in [-0.05, 0) is 20.8 Å². The Morgan fingerprint density at radius 3 is 2.50 bits per heavy atom. The highest BCUT2D eigenvalue weighted by atomic mass is 16.6. The van der Waals surface area contributed by atoms with E-state index < -0.39 is 5.60 Å². The largest absolute Gasteiger partial charge is 0.460 e. The summed E-state index contributed by atoms with van der Waals surface area (Å²) in [6.45, 7) is 6.38. The lowest BCUT2D eigenvalue weighted by molar-refractivity contribution is -0.155. The van der Waals surface area contributed by atoms with Crippen LogP contribution in [0.4, 0.5) is 0 Å². The molecule has 0 atom stereocenters. The molecule has 14 heavy (non-hydrogen) atoms. The maximum absolute atomic E-state index is 11.1. The van der Waals surface area contributed by atoms with Crippen molar-refractivity contribution in [3.63, 3.8) is 0 Å². The molecule has 0 aromatic heterocycles. The quantitative estimate of drug-likeness (QED) is 0.383. The third-order valence-electron chi connectivity index (χ3n) is 1.26. The van der Waals surface area contributed by atoms with Crippen molar-refractivity contribution in [2.24, 2.45) is 0 Å². The molecule has 0 spiro atoms. The Balaban J connectivity index is 3.42. The number of hydrogen-bond donors (Lipinski definition) is 0. The van der Waals surface area contributed by atoms with Crippen molar-refractivity contribution in [2.45, 2.75) is 39.2 Å². The van der Waals surface area contributed by atoms with E-state index in [2.05, 4.69) is 5.92 Å². The van der Waals surface area contributed by atoms with Crippen LogP contribution in [0.3, 0.4) is 0 Å². The Morgan fingerprint density at radius 1 is 1.36 bits per heavy atom. The molecule has 0 N–H and O–H groups in total. The first-order valence-electron chi connectivity index (χ1n) is 4.69. The first-order valence-corrected chi connectivity index (χ1v) is 4.69. The summed E-state index contributed by atoms with van der Waals surface area (Å²) in [5.74, 6) is 2.22. The summed E-state index contributed by atoms with van der Waals surface area (Å²) in [4.78, 5) is 11.1. The Kier molecular flexibility index (Phi) is 5.98. The normalized spacial score (nSPS) is 10.7. The lowest BCUT2D eigenvalue weighted by atomic mass is 10.2. The van der Waals surface area contributed by atoms with E-state index >= 15 is 0 Å². The van der Waals surface area contributed by atoms with Gasteiger partial charge in [-0.1, -0.05) is 0 Å². The van der Waals surface area contributed by atoms with Gasteiger partial charge in [0.2, 0.25) is 0 Å². The van der Waals surface area contributed by atoms with Crippen LogP contribution in [0.15, 0.2) is 0 Å². The number of carbonyl (C=O) groups excluding carboxylic acids is 1. The maximum Gasteiger partial charge on any atom is 0.308 e. The average Bonchev–Trinajstić information content (AvgIpc) is 2.00. The SMILES string of the molecule is C#CCCOCCC(=O)OC(C)(C)C. The van der Waals surface area contributed by atoms with Crippen molar-refractivity contribution in [3.05, 3.63) is 0 Å². The molecule has 3 nitrogen and oxygen atoms in total. The van der Waals surface area contributed by atoms with Crippen molar-refractivity contribution in [2.75, 3.05) is 13.2 Å². The number of esters is 1. The lowest BCUT2D eigenvalue weighted by Gasteiger charge is -2.19. The molecule has 0 unspecified atom stereocenters. The molecule has 0 amide bonds. The molecule has 80 valence electrons. The van der Waals surface area contributed by atoms with Gasteiger partial charge in [0, 0.05) is 6.42 Å². The van der Waals surface area contributed by atoms with E-state index in [4.69, 9.17) is 15.9 Å². The highest BCUT2D eigenvalue weighted by Gasteiger charge is 2.15. The third kappa shape index (κ3) is 9.08. The molecule has 0 aromatic carbocycles. The molecule has 0 fully saturated rings. The summed E-state index contributed by atoms with van der Waals surface area (Å²) in [6.07, 6.45) is 5.89. The molecule has 0 aliphatic carbocycles. The van der Waals surface area contributed by atoms with E-state index in [-0.39, 0.29) is 12.4 Å². The molecule has 0 aromatic rings. The Labute approximate surface area is 85.8 Å². The number of terminal acetylenes is 1. The van der Waals surface area contributed by atoms with Crippen molar-refractivity contribution in [1.29, 1.82) is 0 Å². The smallest absolute Gasteiger partial charge is 0.308 e. The summed E-state index contributed by atoms with van der Waals surface area (Å²) in [6, 6.07) is 0. The van der Waals surface area contributed by atoms with Gasteiger partial charge in [0.05, 0.1) is 19.6 Å². The molecule has 0 radical (unpaired) electrons. The number of hydrogen-bond acceptors (Lipinski definition) is 3. The minimum atomic E-state index is -0.421. The highest BCUT2D eigenvalue weighted by molar-refractivity contribution is 5.69. The monoisotopic (exact) mass is 198 g/mol. The van der Waals surface area contributed by atoms with Crippen molar-refractivity contribution < 1.29 is 14.3 Å². The zero-order valence-electron chi connectivity index (χ0n) is 9.13. The van der Waals surface area contributed by atoms with Gasteiger partial charge in [0.15, 0.2) is 0 Å². The fraction of sp³-hybridized carbons (Fsp3) is 0.727. The van der Waals surface area contributed by atoms with Crippen LogP contribution < -0.4 is 0 Å². The van der Waals surface area contributed by atoms with E-state index in [0.717, 1.165) is 0 Å². The van der Waals surface area contributed by atoms with Crippen molar-refractivity contribution >= 4 is 5.97 Å². The van der Waals surface area contributed by atoms with Crippen LogP contribution >= 0.6 is 0 Å². The molecular formula is C11H18O3. The molecule has 0 aliphatic heterocycles. The Morgan fingerprint density at radius 2 is 2.00 bits per heavy atom. The summed E-state index contributed by atoms with van der Waals surface area (Å²) >= 11 is 0. The lowest BCUT2D eigenvalue weighted by Crippen LogP contribution is -2.24. The molecule has 0 rings (SSSR count). The highest BCUT2D eigenvalue weighted by Crippen LogP contribution is 2.07. The second-order valence-electron chi connectivity index (χ2n) is 3.90. The maximum atomic E-state index is 11.1. The van der Waals surface area contributed by atoms with Gasteiger partial charge in [0.1, 0.15) is 5.60 Å². The second-order valence-corrected chi connectivity index (χ2v) is 3.90. The molecule has 0 saturated heterocycles. The molecule has 0 saturated carbocycles. The fourth-order valence-corrected chi connectivity index (χ4v) is 0.781. The summed E-state index contributed by atoms with van der Waals surface area (Å²) in [5, 5.41) is 0. The molecule has 0 aliphatic rings. The van der Waals surface area contributed by atoms with Gasteiger partial charge in [-0.3, -0.25) is 4.79 Å². The van der Waals surface area contributed by atoms with Gasteiger partial charge in [0.25, 0.3) is 0 Å². The van der Waals surface area contributed by atoms with Crippen LogP contribution in [0.25, 0.3) is 0 Å². The molecular weight excluding hydrogens is 180 g/mol. The summed E-state index contributed by atoms with van der Waals surface area (Å²) in [7, 11) is 0. The first-order chi connectivity index (χ1) is 6.45. The van der Waals surface area contributed by atoms with Gasteiger partial charge in [-0.15, -0.1) is 12.3 Å². The van der Waals surface area contributed by atoms with Crippen LogP contribution in [0, 0.1) is 12.3 Å². The van der Waals surface area contributed by atoms with E-state index in [1.54, 1.807) is 0 Å². The first kappa shape index (κ1) is 13.0. The molecule has 0 heterocycles. The summed E-state index contributed by atoms with van der Waals surface area (Å²) < 4.78 is 10.2. The average molecular weight is 198 g/mol. The van der Waals surface area contributed by atoms with Crippen LogP contribution in [-0.4, -0.2) is 24.8 Å². The zero-order chi connectivity index (χ0) is 11.0. The van der Waals surface area contributed by atoms with Gasteiger partial charge in [-0.2, -0.15) is 0 Å². The van der Waals surface area contributed by atoms with Crippen LogP contribution in [0.1, 0.15) is 33.6 Å². The van der Waals surface area contributed by atoms with Crippen LogP contribution in [0.5, 0.6) is 0 Å². The minimum absolute atomic E-state index is 0.238. The third-order valence-corrected chi connectivity index (χ3v) is 1.26. The predicted molar refractivity (Wildman–Crippen MR) is 54.7 cm³/mol. The number of ether oxygens (including phenoxy) is 2. The van der Waals surface area contributed by atoms with Crippen molar-refractivity contribution in [1.82, 2.24) is 0 Å². The van der Waals surface area contributed by atoms with Crippen LogP contribution in [-0.2, 0) is 14.3 Å². The fourth-order valence-electron chi connectivity index (χ4n) is 0.781. The van der Waals surface area contributed by atoms with E-state index in [0.29, 0.717) is 19.6 Å². The number of rotatable bonds is 5. The summed E-state index contributed by atoms with van der Waals surface area (Å²) in [5.41, 5.74) is -0.421.